The van der Waals surface area contributed by atoms with Gasteiger partial charge in [-0.2, -0.15) is 9.61 Å². The molecule has 0 aliphatic rings. The van der Waals surface area contributed by atoms with Crippen molar-refractivity contribution in [3.63, 3.8) is 0 Å². The summed E-state index contributed by atoms with van der Waals surface area (Å²) in [4.78, 5) is 14.9. The fraction of sp³-hybridized carbons (Fsp3) is 0.0370. The maximum atomic E-state index is 12.2. The third kappa shape index (κ3) is 2.77. The van der Waals surface area contributed by atoms with E-state index >= 15 is 0 Å². The number of pyridine rings is 1. The molecule has 0 atom stereocenters. The second-order valence-electron chi connectivity index (χ2n) is 8.25. The minimum Gasteiger partial charge on any atom is -0.455 e. The van der Waals surface area contributed by atoms with Crippen LogP contribution in [0.4, 0.5) is 0 Å². The molecule has 4 aromatic heterocycles. The van der Waals surface area contributed by atoms with Gasteiger partial charge in [0.25, 0.3) is 5.56 Å². The number of rotatable bonds is 3. The fourth-order valence-corrected chi connectivity index (χ4v) is 4.65. The van der Waals surface area contributed by atoms with Gasteiger partial charge in [0.05, 0.1) is 5.69 Å². The molecule has 0 bridgehead atoms. The second kappa shape index (κ2) is 7.11. The van der Waals surface area contributed by atoms with Crippen molar-refractivity contribution >= 4 is 38.4 Å². The minimum absolute atomic E-state index is 0.107. The average molecular weight is 443 g/mol. The summed E-state index contributed by atoms with van der Waals surface area (Å²) in [6.07, 6.45) is 2.16. The molecule has 4 heterocycles. The summed E-state index contributed by atoms with van der Waals surface area (Å²) in [5, 5.41) is 17.3. The molecular weight excluding hydrogens is 426 g/mol. The molecule has 0 radical (unpaired) electrons. The molecule has 3 aromatic carbocycles. The lowest BCUT2D eigenvalue weighted by atomic mass is 10.0. The Morgan fingerprint density at radius 1 is 0.794 bits per heavy atom. The number of H-pyrrole nitrogens is 1. The highest BCUT2D eigenvalue weighted by atomic mass is 16.3. The van der Waals surface area contributed by atoms with Crippen LogP contribution in [0.15, 0.2) is 94.3 Å². The zero-order valence-corrected chi connectivity index (χ0v) is 17.9. The smallest absolute Gasteiger partial charge is 0.255 e. The van der Waals surface area contributed by atoms with Crippen LogP contribution < -0.4 is 5.56 Å². The number of hydrogen-bond donors (Lipinski definition) is 1. The molecule has 0 aliphatic heterocycles. The van der Waals surface area contributed by atoms with Gasteiger partial charge in [-0.05, 0) is 47.3 Å². The number of aromatic nitrogens is 5. The largest absolute Gasteiger partial charge is 0.455 e. The molecule has 0 spiro atoms. The standard InChI is InChI=1S/C27H17N5O2/c33-27-20-8-3-5-16(17(20)13-14-28-27)15-25-30-29-24-12-11-22(31-32(24)25)21-9-4-7-19-18-6-1-2-10-23(18)34-26(19)21/h1-14H,15H2,(H,28,33). The average Bonchev–Trinajstić information content (AvgIpc) is 3.45. The van der Waals surface area contributed by atoms with Crippen LogP contribution in [-0.4, -0.2) is 24.8 Å². The zero-order valence-electron chi connectivity index (χ0n) is 17.9. The van der Waals surface area contributed by atoms with E-state index in [4.69, 9.17) is 9.52 Å². The molecule has 1 N–H and O–H groups in total. The number of nitrogens with zero attached hydrogens (tertiary/aromatic N) is 4. The molecule has 34 heavy (non-hydrogen) atoms. The lowest BCUT2D eigenvalue weighted by Crippen LogP contribution is -2.06. The molecule has 0 aliphatic carbocycles. The first-order chi connectivity index (χ1) is 16.8. The summed E-state index contributed by atoms with van der Waals surface area (Å²) in [5.41, 5.74) is 4.88. The van der Waals surface area contributed by atoms with E-state index in [-0.39, 0.29) is 5.56 Å². The Hall–Kier alpha value is -4.78. The van der Waals surface area contributed by atoms with Crippen molar-refractivity contribution in [1.29, 1.82) is 0 Å². The second-order valence-corrected chi connectivity index (χ2v) is 8.25. The maximum absolute atomic E-state index is 12.2. The Morgan fingerprint density at radius 3 is 2.62 bits per heavy atom. The number of aromatic amines is 1. The molecule has 7 heteroatoms. The molecule has 0 saturated heterocycles. The van der Waals surface area contributed by atoms with E-state index in [1.54, 1.807) is 10.7 Å². The number of benzene rings is 3. The van der Waals surface area contributed by atoms with Crippen molar-refractivity contribution in [2.24, 2.45) is 0 Å². The van der Waals surface area contributed by atoms with Gasteiger partial charge in [-0.25, -0.2) is 0 Å². The van der Waals surface area contributed by atoms with Crippen molar-refractivity contribution < 1.29 is 4.42 Å². The maximum Gasteiger partial charge on any atom is 0.255 e. The number of fused-ring (bicyclic) bond motifs is 5. The van der Waals surface area contributed by atoms with Crippen LogP contribution in [-0.2, 0) is 6.42 Å². The number of hydrogen-bond acceptors (Lipinski definition) is 5. The SMILES string of the molecule is O=c1[nH]ccc2c(Cc3nnc4ccc(-c5cccc6c5oc5ccccc56)nn34)cccc12. The van der Waals surface area contributed by atoms with Gasteiger partial charge >= 0.3 is 0 Å². The summed E-state index contributed by atoms with van der Waals surface area (Å²) < 4.78 is 7.97. The molecule has 7 rings (SSSR count). The van der Waals surface area contributed by atoms with E-state index in [9.17, 15) is 4.79 Å². The molecule has 7 nitrogen and oxygen atoms in total. The van der Waals surface area contributed by atoms with E-state index < -0.39 is 0 Å². The minimum atomic E-state index is -0.107. The molecule has 0 fully saturated rings. The molecule has 0 amide bonds. The van der Waals surface area contributed by atoms with Gasteiger partial charge in [-0.1, -0.05) is 42.5 Å². The number of nitrogens with one attached hydrogen (secondary N) is 1. The normalized spacial score (nSPS) is 11.8. The summed E-state index contributed by atoms with van der Waals surface area (Å²) >= 11 is 0. The van der Waals surface area contributed by atoms with E-state index in [1.807, 2.05) is 66.7 Å². The quantitative estimate of drug-likeness (QED) is 0.409. The van der Waals surface area contributed by atoms with E-state index in [1.165, 1.54) is 0 Å². The third-order valence-electron chi connectivity index (χ3n) is 6.26. The van der Waals surface area contributed by atoms with Crippen molar-refractivity contribution in [2.75, 3.05) is 0 Å². The van der Waals surface area contributed by atoms with Gasteiger partial charge in [-0.15, -0.1) is 10.2 Å². The molecular formula is C27H17N5O2. The first kappa shape index (κ1) is 18.8. The Morgan fingerprint density at radius 2 is 1.65 bits per heavy atom. The predicted octanol–water partition coefficient (Wildman–Crippen LogP) is 5.12. The Balaban J connectivity index is 1.38. The van der Waals surface area contributed by atoms with Crippen LogP contribution in [0.1, 0.15) is 11.4 Å². The lowest BCUT2D eigenvalue weighted by Gasteiger charge is -2.06. The summed E-state index contributed by atoms with van der Waals surface area (Å²) in [6.45, 7) is 0. The van der Waals surface area contributed by atoms with Crippen LogP contribution in [0.5, 0.6) is 0 Å². The van der Waals surface area contributed by atoms with E-state index in [0.29, 0.717) is 23.3 Å². The molecule has 7 aromatic rings. The lowest BCUT2D eigenvalue weighted by molar-refractivity contribution is 0.669. The van der Waals surface area contributed by atoms with E-state index in [2.05, 4.69) is 27.3 Å². The Bertz CT molecular complexity index is 1930. The third-order valence-corrected chi connectivity index (χ3v) is 6.26. The Labute approximate surface area is 192 Å². The van der Waals surface area contributed by atoms with Crippen molar-refractivity contribution in [2.45, 2.75) is 6.42 Å². The van der Waals surface area contributed by atoms with Crippen LogP contribution >= 0.6 is 0 Å². The highest BCUT2D eigenvalue weighted by Gasteiger charge is 2.15. The monoisotopic (exact) mass is 443 g/mol. The van der Waals surface area contributed by atoms with Gasteiger partial charge in [0, 0.05) is 34.3 Å². The zero-order chi connectivity index (χ0) is 22.6. The molecule has 162 valence electrons. The van der Waals surface area contributed by atoms with Gasteiger partial charge < -0.3 is 9.40 Å². The first-order valence-electron chi connectivity index (χ1n) is 11.0. The first-order valence-corrected chi connectivity index (χ1v) is 11.0. The summed E-state index contributed by atoms with van der Waals surface area (Å²) in [7, 11) is 0. The molecule has 0 unspecified atom stereocenters. The van der Waals surface area contributed by atoms with Gasteiger partial charge in [-0.3, -0.25) is 4.79 Å². The summed E-state index contributed by atoms with van der Waals surface area (Å²) in [6, 6.07) is 25.6. The summed E-state index contributed by atoms with van der Waals surface area (Å²) in [5.74, 6) is 0.696. The number of furan rings is 1. The van der Waals surface area contributed by atoms with Crippen molar-refractivity contribution in [3.05, 3.63) is 107 Å². The highest BCUT2D eigenvalue weighted by molar-refractivity contribution is 6.09. The highest BCUT2D eigenvalue weighted by Crippen LogP contribution is 2.35. The number of para-hydroxylation sites is 2. The van der Waals surface area contributed by atoms with Gasteiger partial charge in [0.15, 0.2) is 11.5 Å². The topological polar surface area (TPSA) is 89.1 Å². The van der Waals surface area contributed by atoms with Crippen LogP contribution in [0, 0.1) is 0 Å². The van der Waals surface area contributed by atoms with Gasteiger partial charge in [0.2, 0.25) is 0 Å². The predicted molar refractivity (Wildman–Crippen MR) is 131 cm³/mol. The van der Waals surface area contributed by atoms with Crippen LogP contribution in [0.25, 0.3) is 49.6 Å². The van der Waals surface area contributed by atoms with Crippen molar-refractivity contribution in [1.82, 2.24) is 24.8 Å². The molecule has 0 saturated carbocycles. The van der Waals surface area contributed by atoms with Crippen molar-refractivity contribution in [3.8, 4) is 11.3 Å². The fourth-order valence-electron chi connectivity index (χ4n) is 4.65. The van der Waals surface area contributed by atoms with Crippen LogP contribution in [0.2, 0.25) is 0 Å². The van der Waals surface area contributed by atoms with E-state index in [0.717, 1.165) is 44.1 Å². The Kier molecular flexibility index (Phi) is 3.92. The van der Waals surface area contributed by atoms with Crippen LogP contribution in [0.3, 0.4) is 0 Å². The van der Waals surface area contributed by atoms with Gasteiger partial charge in [0.1, 0.15) is 11.2 Å².